The van der Waals surface area contributed by atoms with E-state index >= 15 is 0 Å². The van der Waals surface area contributed by atoms with Crippen LogP contribution in [0.2, 0.25) is 0 Å². The van der Waals surface area contributed by atoms with Gasteiger partial charge in [-0.3, -0.25) is 4.90 Å². The van der Waals surface area contributed by atoms with Crippen molar-refractivity contribution in [3.8, 4) is 11.6 Å². The van der Waals surface area contributed by atoms with Crippen LogP contribution in [0, 0.1) is 5.92 Å². The van der Waals surface area contributed by atoms with Crippen molar-refractivity contribution in [2.24, 2.45) is 5.92 Å². The van der Waals surface area contributed by atoms with Crippen molar-refractivity contribution in [3.05, 3.63) is 53.7 Å². The van der Waals surface area contributed by atoms with Crippen LogP contribution in [0.3, 0.4) is 0 Å². The number of methoxy groups -OCH3 is 1. The number of hydrogen-bond acceptors (Lipinski definition) is 4. The van der Waals surface area contributed by atoms with Crippen molar-refractivity contribution in [2.75, 3.05) is 20.2 Å². The second kappa shape index (κ2) is 8.15. The number of likely N-dealkylation sites (tertiary alicyclic amines) is 1. The second-order valence-corrected chi connectivity index (χ2v) is 6.56. The van der Waals surface area contributed by atoms with E-state index in [1.807, 2.05) is 24.3 Å². The maximum absolute atomic E-state index is 9.87. The van der Waals surface area contributed by atoms with Crippen LogP contribution < -0.4 is 4.74 Å². The van der Waals surface area contributed by atoms with Gasteiger partial charge in [0.2, 0.25) is 5.88 Å². The van der Waals surface area contributed by atoms with Crippen LogP contribution in [-0.2, 0) is 13.0 Å². The summed E-state index contributed by atoms with van der Waals surface area (Å²) < 4.78 is 5.35. The van der Waals surface area contributed by atoms with Crippen molar-refractivity contribution in [1.82, 2.24) is 9.88 Å². The molecule has 0 amide bonds. The lowest BCUT2D eigenvalue weighted by Crippen LogP contribution is -2.33. The number of aromatic hydroxyl groups is 1. The van der Waals surface area contributed by atoms with Crippen molar-refractivity contribution in [3.63, 3.8) is 0 Å². The Morgan fingerprint density at radius 1 is 1.12 bits per heavy atom. The van der Waals surface area contributed by atoms with Crippen LogP contribution in [0.15, 0.2) is 42.6 Å². The highest BCUT2D eigenvalue weighted by molar-refractivity contribution is 5.31. The molecule has 4 heteroatoms. The molecule has 0 aliphatic carbocycles. The average Bonchev–Trinajstić information content (AvgIpc) is 2.63. The lowest BCUT2D eigenvalue weighted by molar-refractivity contribution is 0.170. The smallest absolute Gasteiger partial charge is 0.217 e. The summed E-state index contributed by atoms with van der Waals surface area (Å²) in [6.07, 6.45) is 6.33. The number of rotatable bonds is 6. The van der Waals surface area contributed by atoms with Gasteiger partial charge in [0.25, 0.3) is 0 Å². The topological polar surface area (TPSA) is 45.6 Å². The molecule has 0 atom stereocenters. The Morgan fingerprint density at radius 3 is 2.62 bits per heavy atom. The Bertz CT molecular complexity index is 652. The van der Waals surface area contributed by atoms with E-state index in [-0.39, 0.29) is 0 Å². The lowest BCUT2D eigenvalue weighted by atomic mass is 9.90. The summed E-state index contributed by atoms with van der Waals surface area (Å²) in [5.41, 5.74) is 2.23. The Hall–Kier alpha value is -2.07. The van der Waals surface area contributed by atoms with Crippen LogP contribution in [0.25, 0.3) is 0 Å². The fourth-order valence-corrected chi connectivity index (χ4v) is 3.48. The first kappa shape index (κ1) is 16.8. The van der Waals surface area contributed by atoms with E-state index in [0.29, 0.717) is 5.75 Å². The first-order valence-corrected chi connectivity index (χ1v) is 8.73. The van der Waals surface area contributed by atoms with Crippen molar-refractivity contribution in [1.29, 1.82) is 0 Å². The summed E-state index contributed by atoms with van der Waals surface area (Å²) in [4.78, 5) is 6.76. The number of para-hydroxylation sites is 1. The SMILES string of the molecule is COc1ncccc1CN1CCC(CCc2ccccc2O)CC1. The Labute approximate surface area is 144 Å². The van der Waals surface area contributed by atoms with Gasteiger partial charge < -0.3 is 9.84 Å². The lowest BCUT2D eigenvalue weighted by Gasteiger charge is -2.32. The Kier molecular flexibility index (Phi) is 5.70. The Morgan fingerprint density at radius 2 is 1.88 bits per heavy atom. The van der Waals surface area contributed by atoms with Crippen LogP contribution in [0.5, 0.6) is 11.6 Å². The summed E-state index contributed by atoms with van der Waals surface area (Å²) >= 11 is 0. The zero-order valence-corrected chi connectivity index (χ0v) is 14.3. The van der Waals surface area contributed by atoms with E-state index in [0.717, 1.165) is 55.4 Å². The number of phenols is 1. The number of nitrogens with zero attached hydrogens (tertiary/aromatic N) is 2. The van der Waals surface area contributed by atoms with E-state index in [9.17, 15) is 5.11 Å². The minimum atomic E-state index is 0.429. The molecular weight excluding hydrogens is 300 g/mol. The van der Waals surface area contributed by atoms with Crippen molar-refractivity contribution < 1.29 is 9.84 Å². The van der Waals surface area contributed by atoms with Crippen LogP contribution in [0.4, 0.5) is 0 Å². The van der Waals surface area contributed by atoms with E-state index in [1.54, 1.807) is 19.4 Å². The number of piperidine rings is 1. The molecule has 0 bridgehead atoms. The molecule has 1 fully saturated rings. The van der Waals surface area contributed by atoms with Gasteiger partial charge in [0, 0.05) is 18.3 Å². The molecule has 1 saturated heterocycles. The molecule has 1 aliphatic heterocycles. The summed E-state index contributed by atoms with van der Waals surface area (Å²) in [6, 6.07) is 11.7. The van der Waals surface area contributed by atoms with Crippen LogP contribution in [0.1, 0.15) is 30.4 Å². The minimum absolute atomic E-state index is 0.429. The molecule has 1 aromatic heterocycles. The van der Waals surface area contributed by atoms with Gasteiger partial charge in [0.05, 0.1) is 7.11 Å². The first-order chi connectivity index (χ1) is 11.8. The van der Waals surface area contributed by atoms with Gasteiger partial charge in [0.1, 0.15) is 5.75 Å². The number of aryl methyl sites for hydroxylation is 1. The summed E-state index contributed by atoms with van der Waals surface area (Å²) in [5.74, 6) is 1.91. The maximum Gasteiger partial charge on any atom is 0.217 e. The van der Waals surface area contributed by atoms with Crippen LogP contribution in [-0.4, -0.2) is 35.2 Å². The standard InChI is InChI=1S/C20H26N2O2/c1-24-20-18(6-4-12-21-20)15-22-13-10-16(11-14-22)8-9-17-5-2-3-7-19(17)23/h2-7,12,16,23H,8-11,13-15H2,1H3. The minimum Gasteiger partial charge on any atom is -0.508 e. The molecule has 2 heterocycles. The second-order valence-electron chi connectivity index (χ2n) is 6.56. The third-order valence-electron chi connectivity index (χ3n) is 4.96. The van der Waals surface area contributed by atoms with Gasteiger partial charge in [-0.1, -0.05) is 24.3 Å². The summed E-state index contributed by atoms with van der Waals surface area (Å²) in [5, 5.41) is 9.87. The van der Waals surface area contributed by atoms with Gasteiger partial charge in [0.15, 0.2) is 0 Å². The molecule has 24 heavy (non-hydrogen) atoms. The van der Waals surface area contributed by atoms with E-state index in [4.69, 9.17) is 4.74 Å². The molecular formula is C20H26N2O2. The molecule has 1 aliphatic rings. The summed E-state index contributed by atoms with van der Waals surface area (Å²) in [6.45, 7) is 3.14. The molecule has 1 N–H and O–H groups in total. The number of pyridine rings is 1. The first-order valence-electron chi connectivity index (χ1n) is 8.73. The predicted molar refractivity (Wildman–Crippen MR) is 95.2 cm³/mol. The zero-order chi connectivity index (χ0) is 16.8. The van der Waals surface area contributed by atoms with Gasteiger partial charge in [-0.15, -0.1) is 0 Å². The monoisotopic (exact) mass is 326 g/mol. The van der Waals surface area contributed by atoms with Gasteiger partial charge in [-0.05, 0) is 62.4 Å². The number of ether oxygens (including phenoxy) is 1. The Balaban J connectivity index is 1.47. The molecule has 128 valence electrons. The van der Waals surface area contributed by atoms with Crippen LogP contribution >= 0.6 is 0 Å². The largest absolute Gasteiger partial charge is 0.508 e. The van der Waals surface area contributed by atoms with Crippen molar-refractivity contribution in [2.45, 2.75) is 32.2 Å². The van der Waals surface area contributed by atoms with Gasteiger partial charge in [-0.25, -0.2) is 4.98 Å². The third-order valence-corrected chi connectivity index (χ3v) is 4.96. The number of hydrogen-bond donors (Lipinski definition) is 1. The fourth-order valence-electron chi connectivity index (χ4n) is 3.48. The molecule has 0 spiro atoms. The number of phenolic OH excluding ortho intramolecular Hbond substituents is 1. The quantitative estimate of drug-likeness (QED) is 0.880. The third kappa shape index (κ3) is 4.26. The summed E-state index contributed by atoms with van der Waals surface area (Å²) in [7, 11) is 1.68. The van der Waals surface area contributed by atoms with E-state index in [2.05, 4.69) is 16.0 Å². The molecule has 1 aromatic carbocycles. The molecule has 3 rings (SSSR count). The van der Waals surface area contributed by atoms with Crippen molar-refractivity contribution >= 4 is 0 Å². The zero-order valence-electron chi connectivity index (χ0n) is 14.3. The molecule has 4 nitrogen and oxygen atoms in total. The number of aromatic nitrogens is 1. The maximum atomic E-state index is 9.87. The highest BCUT2D eigenvalue weighted by Gasteiger charge is 2.20. The highest BCUT2D eigenvalue weighted by Crippen LogP contribution is 2.26. The fraction of sp³-hybridized carbons (Fsp3) is 0.450. The van der Waals surface area contributed by atoms with Gasteiger partial charge in [-0.2, -0.15) is 0 Å². The van der Waals surface area contributed by atoms with Gasteiger partial charge >= 0.3 is 0 Å². The normalized spacial score (nSPS) is 16.2. The number of benzene rings is 1. The predicted octanol–water partition coefficient (Wildman–Crippen LogP) is 3.64. The average molecular weight is 326 g/mol. The van der Waals surface area contributed by atoms with E-state index < -0.39 is 0 Å². The van der Waals surface area contributed by atoms with E-state index in [1.165, 1.54) is 12.8 Å². The highest BCUT2D eigenvalue weighted by atomic mass is 16.5. The molecule has 0 unspecified atom stereocenters. The molecule has 0 saturated carbocycles. The molecule has 0 radical (unpaired) electrons. The molecule has 2 aromatic rings.